The summed E-state index contributed by atoms with van der Waals surface area (Å²) in [4.78, 5) is 2.11. The number of nitrogens with one attached hydrogen (secondary N) is 1. The lowest BCUT2D eigenvalue weighted by Crippen LogP contribution is -2.50. The van der Waals surface area contributed by atoms with E-state index < -0.39 is 11.7 Å². The second-order valence-electron chi connectivity index (χ2n) is 5.33. The van der Waals surface area contributed by atoms with Gasteiger partial charge in [-0.1, -0.05) is 31.5 Å². The zero-order valence-corrected chi connectivity index (χ0v) is 11.7. The Labute approximate surface area is 118 Å². The van der Waals surface area contributed by atoms with Gasteiger partial charge in [0.15, 0.2) is 0 Å². The van der Waals surface area contributed by atoms with Crippen molar-refractivity contribution >= 4 is 0 Å². The van der Waals surface area contributed by atoms with E-state index >= 15 is 0 Å². The summed E-state index contributed by atoms with van der Waals surface area (Å²) in [6.45, 7) is 4.96. The number of piperazine rings is 1. The lowest BCUT2D eigenvalue weighted by atomic mass is 10.0. The standard InChI is InChI=1S/C15H21F3N2/c1-2-5-13-11-20(9-8-19-13)10-12-6-3-4-7-14(12)15(16,17)18/h3-4,6-7,13,19H,2,5,8-11H2,1H3. The minimum Gasteiger partial charge on any atom is -0.311 e. The first-order valence-corrected chi connectivity index (χ1v) is 7.11. The van der Waals surface area contributed by atoms with Gasteiger partial charge in [-0.15, -0.1) is 0 Å². The molecule has 1 atom stereocenters. The molecule has 0 saturated carbocycles. The summed E-state index contributed by atoms with van der Waals surface area (Å²) in [7, 11) is 0. The first kappa shape index (κ1) is 15.3. The molecule has 2 nitrogen and oxygen atoms in total. The summed E-state index contributed by atoms with van der Waals surface area (Å²) in [5.41, 5.74) is -0.136. The minimum atomic E-state index is -4.27. The summed E-state index contributed by atoms with van der Waals surface area (Å²) >= 11 is 0. The van der Waals surface area contributed by atoms with Crippen molar-refractivity contribution in [3.8, 4) is 0 Å². The normalized spacial score (nSPS) is 21.1. The topological polar surface area (TPSA) is 15.3 Å². The van der Waals surface area contributed by atoms with Crippen molar-refractivity contribution in [2.45, 2.75) is 38.5 Å². The van der Waals surface area contributed by atoms with Gasteiger partial charge in [0.2, 0.25) is 0 Å². The molecule has 1 aromatic carbocycles. The molecule has 1 N–H and O–H groups in total. The van der Waals surface area contributed by atoms with Crippen LogP contribution < -0.4 is 5.32 Å². The van der Waals surface area contributed by atoms with Gasteiger partial charge in [0, 0.05) is 32.2 Å². The maximum Gasteiger partial charge on any atom is 0.416 e. The fourth-order valence-corrected chi connectivity index (χ4v) is 2.76. The van der Waals surface area contributed by atoms with E-state index in [1.165, 1.54) is 12.1 Å². The maximum absolute atomic E-state index is 13.0. The molecule has 1 heterocycles. The van der Waals surface area contributed by atoms with Gasteiger partial charge in [0.25, 0.3) is 0 Å². The summed E-state index contributed by atoms with van der Waals surface area (Å²) < 4.78 is 38.9. The lowest BCUT2D eigenvalue weighted by Gasteiger charge is -2.34. The van der Waals surface area contributed by atoms with Crippen LogP contribution in [0.15, 0.2) is 24.3 Å². The van der Waals surface area contributed by atoms with Crippen LogP contribution in [0.1, 0.15) is 30.9 Å². The predicted molar refractivity (Wildman–Crippen MR) is 73.4 cm³/mol. The average molecular weight is 286 g/mol. The van der Waals surface area contributed by atoms with E-state index in [1.807, 2.05) is 0 Å². The predicted octanol–water partition coefficient (Wildman–Crippen LogP) is 3.28. The fourth-order valence-electron chi connectivity index (χ4n) is 2.76. The highest BCUT2D eigenvalue weighted by Gasteiger charge is 2.33. The summed E-state index contributed by atoms with van der Waals surface area (Å²) in [6, 6.07) is 6.27. The highest BCUT2D eigenvalue weighted by Crippen LogP contribution is 2.32. The molecule has 1 aliphatic heterocycles. The van der Waals surface area contributed by atoms with E-state index in [-0.39, 0.29) is 0 Å². The van der Waals surface area contributed by atoms with Crippen molar-refractivity contribution in [3.05, 3.63) is 35.4 Å². The second kappa shape index (κ2) is 6.59. The Morgan fingerprint density at radius 1 is 1.30 bits per heavy atom. The Morgan fingerprint density at radius 2 is 2.05 bits per heavy atom. The highest BCUT2D eigenvalue weighted by atomic mass is 19.4. The van der Waals surface area contributed by atoms with Gasteiger partial charge in [-0.25, -0.2) is 0 Å². The first-order valence-electron chi connectivity index (χ1n) is 7.11. The van der Waals surface area contributed by atoms with Crippen LogP contribution in [0.5, 0.6) is 0 Å². The zero-order valence-electron chi connectivity index (χ0n) is 11.7. The van der Waals surface area contributed by atoms with Crippen LogP contribution >= 0.6 is 0 Å². The fraction of sp³-hybridized carbons (Fsp3) is 0.600. The molecule has 5 heteroatoms. The monoisotopic (exact) mass is 286 g/mol. The number of benzene rings is 1. The molecule has 1 saturated heterocycles. The maximum atomic E-state index is 13.0. The molecule has 2 rings (SSSR count). The van der Waals surface area contributed by atoms with Gasteiger partial charge in [0.1, 0.15) is 0 Å². The molecule has 0 aliphatic carbocycles. The van der Waals surface area contributed by atoms with Crippen molar-refractivity contribution in [1.82, 2.24) is 10.2 Å². The van der Waals surface area contributed by atoms with Crippen molar-refractivity contribution in [2.75, 3.05) is 19.6 Å². The van der Waals surface area contributed by atoms with Crippen molar-refractivity contribution in [1.29, 1.82) is 0 Å². The Morgan fingerprint density at radius 3 is 2.75 bits per heavy atom. The Balaban J connectivity index is 2.06. The van der Waals surface area contributed by atoms with Crippen molar-refractivity contribution in [3.63, 3.8) is 0 Å². The molecule has 20 heavy (non-hydrogen) atoms. The number of hydrogen-bond acceptors (Lipinski definition) is 2. The molecule has 1 aliphatic rings. The summed E-state index contributed by atoms with van der Waals surface area (Å²) in [5, 5.41) is 3.42. The van der Waals surface area contributed by atoms with Crippen LogP contribution in [-0.4, -0.2) is 30.6 Å². The quantitative estimate of drug-likeness (QED) is 0.914. The number of hydrogen-bond donors (Lipinski definition) is 1. The van der Waals surface area contributed by atoms with Crippen LogP contribution in [0.2, 0.25) is 0 Å². The van der Waals surface area contributed by atoms with Gasteiger partial charge in [-0.3, -0.25) is 4.90 Å². The van der Waals surface area contributed by atoms with Crippen LogP contribution in [0, 0.1) is 0 Å². The van der Waals surface area contributed by atoms with E-state index in [4.69, 9.17) is 0 Å². The van der Waals surface area contributed by atoms with Crippen LogP contribution in [0.4, 0.5) is 13.2 Å². The van der Waals surface area contributed by atoms with Gasteiger partial charge in [0.05, 0.1) is 5.56 Å². The summed E-state index contributed by atoms with van der Waals surface area (Å²) in [5.74, 6) is 0. The molecular weight excluding hydrogens is 265 g/mol. The largest absolute Gasteiger partial charge is 0.416 e. The van der Waals surface area contributed by atoms with Gasteiger partial charge in [-0.2, -0.15) is 13.2 Å². The smallest absolute Gasteiger partial charge is 0.311 e. The number of rotatable bonds is 4. The number of nitrogens with zero attached hydrogens (tertiary/aromatic N) is 1. The van der Waals surface area contributed by atoms with E-state index in [0.29, 0.717) is 18.2 Å². The zero-order chi connectivity index (χ0) is 14.6. The van der Waals surface area contributed by atoms with E-state index in [1.54, 1.807) is 12.1 Å². The molecule has 1 aromatic rings. The van der Waals surface area contributed by atoms with Gasteiger partial charge >= 0.3 is 6.18 Å². The van der Waals surface area contributed by atoms with Crippen LogP contribution in [-0.2, 0) is 12.7 Å². The van der Waals surface area contributed by atoms with Crippen molar-refractivity contribution < 1.29 is 13.2 Å². The number of alkyl halides is 3. The van der Waals surface area contributed by atoms with Gasteiger partial charge in [-0.05, 0) is 18.1 Å². The molecule has 0 spiro atoms. The SMILES string of the molecule is CCCC1CN(Cc2ccccc2C(F)(F)F)CCN1. The molecular formula is C15H21F3N2. The molecule has 0 radical (unpaired) electrons. The third-order valence-corrected chi connectivity index (χ3v) is 3.69. The van der Waals surface area contributed by atoms with E-state index in [0.717, 1.165) is 32.5 Å². The Kier molecular flexibility index (Phi) is 5.05. The third-order valence-electron chi connectivity index (χ3n) is 3.69. The average Bonchev–Trinajstić information content (AvgIpc) is 2.39. The number of halogens is 3. The highest BCUT2D eigenvalue weighted by molar-refractivity contribution is 5.29. The molecule has 112 valence electrons. The minimum absolute atomic E-state index is 0.372. The lowest BCUT2D eigenvalue weighted by molar-refractivity contribution is -0.138. The van der Waals surface area contributed by atoms with Crippen LogP contribution in [0.25, 0.3) is 0 Å². The first-order chi connectivity index (χ1) is 9.50. The molecule has 1 unspecified atom stereocenters. The molecule has 0 bridgehead atoms. The van der Waals surface area contributed by atoms with Gasteiger partial charge < -0.3 is 5.32 Å². The third kappa shape index (κ3) is 3.96. The van der Waals surface area contributed by atoms with E-state index in [2.05, 4.69) is 17.1 Å². The van der Waals surface area contributed by atoms with Crippen molar-refractivity contribution in [2.24, 2.45) is 0 Å². The summed E-state index contributed by atoms with van der Waals surface area (Å²) in [6.07, 6.45) is -2.12. The van der Waals surface area contributed by atoms with Crippen LogP contribution in [0.3, 0.4) is 0 Å². The Bertz CT molecular complexity index is 429. The van der Waals surface area contributed by atoms with E-state index in [9.17, 15) is 13.2 Å². The Hall–Kier alpha value is -1.07. The second-order valence-corrected chi connectivity index (χ2v) is 5.33. The molecule has 0 amide bonds. The molecule has 0 aromatic heterocycles. The molecule has 1 fully saturated rings.